The van der Waals surface area contributed by atoms with E-state index < -0.39 is 0 Å². The van der Waals surface area contributed by atoms with Gasteiger partial charge < -0.3 is 10.1 Å². The molecule has 91 valence electrons. The van der Waals surface area contributed by atoms with Gasteiger partial charge in [0, 0.05) is 12.6 Å². The molecule has 0 saturated heterocycles. The minimum atomic E-state index is -0.0882. The largest absolute Gasteiger partial charge is 0.457 e. The van der Waals surface area contributed by atoms with E-state index in [0.717, 1.165) is 22.7 Å². The van der Waals surface area contributed by atoms with Crippen LogP contribution in [-0.4, -0.2) is 5.91 Å². The summed E-state index contributed by atoms with van der Waals surface area (Å²) in [7, 11) is 0. The number of benzene rings is 2. The van der Waals surface area contributed by atoms with Crippen LogP contribution in [0, 0.1) is 6.92 Å². The molecular formula is C15H14NO2. The lowest BCUT2D eigenvalue weighted by molar-refractivity contribution is -0.114. The van der Waals surface area contributed by atoms with Crippen LogP contribution in [0.2, 0.25) is 0 Å². The number of rotatable bonds is 3. The molecule has 3 heteroatoms. The van der Waals surface area contributed by atoms with Crippen molar-refractivity contribution < 1.29 is 9.53 Å². The van der Waals surface area contributed by atoms with Gasteiger partial charge in [0.2, 0.25) is 5.91 Å². The summed E-state index contributed by atoms with van der Waals surface area (Å²) in [4.78, 5) is 10.9. The summed E-state index contributed by atoms with van der Waals surface area (Å²) in [6.07, 6.45) is 0. The van der Waals surface area contributed by atoms with E-state index in [0.29, 0.717) is 0 Å². The summed E-state index contributed by atoms with van der Waals surface area (Å²) >= 11 is 0. The Hall–Kier alpha value is -2.29. The zero-order valence-electron chi connectivity index (χ0n) is 10.1. The summed E-state index contributed by atoms with van der Waals surface area (Å²) < 4.78 is 5.65. The topological polar surface area (TPSA) is 38.3 Å². The predicted molar refractivity (Wildman–Crippen MR) is 71.7 cm³/mol. The molecule has 0 aliphatic rings. The van der Waals surface area contributed by atoms with E-state index in [9.17, 15) is 4.79 Å². The molecule has 0 aromatic heterocycles. The van der Waals surface area contributed by atoms with Crippen molar-refractivity contribution in [1.82, 2.24) is 0 Å². The van der Waals surface area contributed by atoms with Crippen molar-refractivity contribution in [3.8, 4) is 11.5 Å². The maximum Gasteiger partial charge on any atom is 0.221 e. The Balaban J connectivity index is 2.06. The first-order chi connectivity index (χ1) is 8.63. The van der Waals surface area contributed by atoms with E-state index in [1.165, 1.54) is 6.92 Å². The molecule has 1 N–H and O–H groups in total. The molecule has 0 unspecified atom stereocenters. The molecule has 2 rings (SSSR count). The van der Waals surface area contributed by atoms with Crippen LogP contribution >= 0.6 is 0 Å². The Morgan fingerprint density at radius 3 is 2.00 bits per heavy atom. The molecule has 3 nitrogen and oxygen atoms in total. The van der Waals surface area contributed by atoms with E-state index in [-0.39, 0.29) is 5.91 Å². The quantitative estimate of drug-likeness (QED) is 0.889. The van der Waals surface area contributed by atoms with Crippen LogP contribution in [0.4, 0.5) is 5.69 Å². The van der Waals surface area contributed by atoms with Gasteiger partial charge in [-0.2, -0.15) is 0 Å². The Bertz CT molecular complexity index is 529. The van der Waals surface area contributed by atoms with Crippen LogP contribution in [-0.2, 0) is 4.79 Å². The number of amides is 1. The van der Waals surface area contributed by atoms with E-state index in [1.807, 2.05) is 36.4 Å². The van der Waals surface area contributed by atoms with Gasteiger partial charge in [-0.15, -0.1) is 0 Å². The van der Waals surface area contributed by atoms with E-state index in [1.54, 1.807) is 12.1 Å². The lowest BCUT2D eigenvalue weighted by Crippen LogP contribution is -2.05. The van der Waals surface area contributed by atoms with Crippen molar-refractivity contribution >= 4 is 11.6 Å². The number of hydrogen-bond donors (Lipinski definition) is 1. The van der Waals surface area contributed by atoms with Crippen LogP contribution in [0.3, 0.4) is 0 Å². The molecule has 0 fully saturated rings. The van der Waals surface area contributed by atoms with Crippen LogP contribution in [0.5, 0.6) is 11.5 Å². The summed E-state index contributed by atoms with van der Waals surface area (Å²) in [5.74, 6) is 1.39. The third-order valence-electron chi connectivity index (χ3n) is 2.33. The first-order valence-electron chi connectivity index (χ1n) is 5.61. The number of carbonyl (C=O) groups excluding carboxylic acids is 1. The zero-order chi connectivity index (χ0) is 13.0. The molecule has 0 atom stereocenters. The second-order valence-electron chi connectivity index (χ2n) is 3.95. The van der Waals surface area contributed by atoms with Gasteiger partial charge in [0.05, 0.1) is 0 Å². The Morgan fingerprint density at radius 1 is 1.00 bits per heavy atom. The molecule has 2 aromatic rings. The van der Waals surface area contributed by atoms with Crippen LogP contribution < -0.4 is 10.1 Å². The summed E-state index contributed by atoms with van der Waals surface area (Å²) in [6, 6.07) is 14.7. The van der Waals surface area contributed by atoms with Gasteiger partial charge in [-0.05, 0) is 48.9 Å². The number of nitrogens with one attached hydrogen (secondary N) is 1. The Morgan fingerprint density at radius 2 is 1.50 bits per heavy atom. The fourth-order valence-electron chi connectivity index (χ4n) is 1.50. The molecule has 0 bridgehead atoms. The third-order valence-corrected chi connectivity index (χ3v) is 2.33. The molecular weight excluding hydrogens is 226 g/mol. The first kappa shape index (κ1) is 12.2. The summed E-state index contributed by atoms with van der Waals surface area (Å²) in [5, 5.41) is 2.70. The Kier molecular flexibility index (Phi) is 3.63. The van der Waals surface area contributed by atoms with E-state index in [2.05, 4.69) is 12.2 Å². The maximum absolute atomic E-state index is 10.9. The fraction of sp³-hybridized carbons (Fsp3) is 0.0667. The number of anilines is 1. The molecule has 0 spiro atoms. The third kappa shape index (κ3) is 3.35. The van der Waals surface area contributed by atoms with Crippen LogP contribution in [0.25, 0.3) is 0 Å². The Labute approximate surface area is 106 Å². The fourth-order valence-corrected chi connectivity index (χ4v) is 1.50. The molecule has 0 aliphatic carbocycles. The van der Waals surface area contributed by atoms with E-state index >= 15 is 0 Å². The highest BCUT2D eigenvalue weighted by molar-refractivity contribution is 5.88. The lowest BCUT2D eigenvalue weighted by Gasteiger charge is -2.07. The maximum atomic E-state index is 10.9. The number of hydrogen-bond acceptors (Lipinski definition) is 2. The number of carbonyl (C=O) groups is 1. The minimum absolute atomic E-state index is 0.0882. The minimum Gasteiger partial charge on any atom is -0.457 e. The van der Waals surface area contributed by atoms with Crippen LogP contribution in [0.1, 0.15) is 12.5 Å². The number of ether oxygens (including phenoxy) is 1. The van der Waals surface area contributed by atoms with E-state index in [4.69, 9.17) is 4.74 Å². The van der Waals surface area contributed by atoms with Crippen molar-refractivity contribution in [2.75, 3.05) is 5.32 Å². The van der Waals surface area contributed by atoms with Gasteiger partial charge in [0.15, 0.2) is 0 Å². The monoisotopic (exact) mass is 240 g/mol. The predicted octanol–water partition coefficient (Wildman–Crippen LogP) is 3.62. The molecule has 2 aromatic carbocycles. The lowest BCUT2D eigenvalue weighted by atomic mass is 10.2. The molecule has 18 heavy (non-hydrogen) atoms. The first-order valence-corrected chi connectivity index (χ1v) is 5.61. The SMILES string of the molecule is [CH2]c1ccc(Oc2ccc(NC(C)=O)cc2)cc1. The molecule has 0 saturated carbocycles. The molecule has 1 radical (unpaired) electrons. The van der Waals surface area contributed by atoms with Gasteiger partial charge in [0.25, 0.3) is 0 Å². The van der Waals surface area contributed by atoms with Gasteiger partial charge in [0.1, 0.15) is 11.5 Å². The van der Waals surface area contributed by atoms with Crippen molar-refractivity contribution in [2.24, 2.45) is 0 Å². The smallest absolute Gasteiger partial charge is 0.221 e. The average Bonchev–Trinajstić information content (AvgIpc) is 2.34. The van der Waals surface area contributed by atoms with Gasteiger partial charge >= 0.3 is 0 Å². The van der Waals surface area contributed by atoms with Gasteiger partial charge in [-0.25, -0.2) is 0 Å². The molecule has 0 heterocycles. The summed E-state index contributed by atoms with van der Waals surface area (Å²) in [6.45, 7) is 5.29. The average molecular weight is 240 g/mol. The van der Waals surface area contributed by atoms with Crippen molar-refractivity contribution in [1.29, 1.82) is 0 Å². The van der Waals surface area contributed by atoms with Crippen LogP contribution in [0.15, 0.2) is 48.5 Å². The van der Waals surface area contributed by atoms with Crippen molar-refractivity contribution in [3.05, 3.63) is 61.0 Å². The zero-order valence-corrected chi connectivity index (χ0v) is 10.1. The highest BCUT2D eigenvalue weighted by Gasteiger charge is 1.99. The molecule has 0 aliphatic heterocycles. The standard InChI is InChI=1S/C15H14NO2/c1-11-3-7-14(8-4-11)18-15-9-5-13(6-10-15)16-12(2)17/h3-10H,1H2,2H3,(H,16,17). The van der Waals surface area contributed by atoms with Gasteiger partial charge in [-0.3, -0.25) is 4.79 Å². The second-order valence-corrected chi connectivity index (χ2v) is 3.95. The van der Waals surface area contributed by atoms with Gasteiger partial charge in [-0.1, -0.05) is 12.1 Å². The molecule has 1 amide bonds. The van der Waals surface area contributed by atoms with Crippen molar-refractivity contribution in [3.63, 3.8) is 0 Å². The summed E-state index contributed by atoms with van der Waals surface area (Å²) in [5.41, 5.74) is 1.70. The normalized spacial score (nSPS) is 9.89. The highest BCUT2D eigenvalue weighted by Crippen LogP contribution is 2.23. The van der Waals surface area contributed by atoms with Crippen molar-refractivity contribution in [2.45, 2.75) is 6.92 Å². The second kappa shape index (κ2) is 5.36. The highest BCUT2D eigenvalue weighted by atomic mass is 16.5.